The highest BCUT2D eigenvalue weighted by Gasteiger charge is 2.59. The zero-order chi connectivity index (χ0) is 17.3. The molecule has 0 saturated carbocycles. The van der Waals surface area contributed by atoms with E-state index in [-0.39, 0.29) is 37.4 Å². The summed E-state index contributed by atoms with van der Waals surface area (Å²) in [7, 11) is 0. The van der Waals surface area contributed by atoms with Gasteiger partial charge in [0, 0.05) is 39.0 Å². The number of aliphatic carboxylic acids is 1. The standard InChI is InChI=1S/C17H20N2O5/c1-12(20)18-7-13-8-19(11-17(13,10-18)16(22)23)15(21)9-24-14-5-3-2-4-6-14/h2-6,13H,7-11H2,1H3,(H,22,23)/t13-,17-/m0/s1. The molecule has 0 unspecified atom stereocenters. The number of rotatable bonds is 4. The number of ether oxygens (including phenoxy) is 1. The predicted octanol–water partition coefficient (Wildman–Crippen LogP) is 0.457. The molecule has 0 aromatic heterocycles. The molecular weight excluding hydrogens is 312 g/mol. The minimum Gasteiger partial charge on any atom is -0.484 e. The molecule has 0 bridgehead atoms. The van der Waals surface area contributed by atoms with Gasteiger partial charge >= 0.3 is 5.97 Å². The molecule has 2 atom stereocenters. The van der Waals surface area contributed by atoms with Crippen LogP contribution in [0.2, 0.25) is 0 Å². The van der Waals surface area contributed by atoms with Crippen molar-refractivity contribution in [2.45, 2.75) is 6.92 Å². The predicted molar refractivity (Wildman–Crippen MR) is 84.3 cm³/mol. The number of benzene rings is 1. The van der Waals surface area contributed by atoms with Crippen LogP contribution < -0.4 is 4.74 Å². The molecule has 0 aliphatic carbocycles. The largest absolute Gasteiger partial charge is 0.484 e. The molecule has 1 N–H and O–H groups in total. The SMILES string of the molecule is CC(=O)N1C[C@H]2CN(C(=O)COc3ccccc3)C[C@@]2(C(=O)O)C1. The minimum atomic E-state index is -1.06. The molecule has 2 aliphatic heterocycles. The Bertz CT molecular complexity index is 662. The molecule has 7 heteroatoms. The van der Waals surface area contributed by atoms with E-state index >= 15 is 0 Å². The van der Waals surface area contributed by atoms with Gasteiger partial charge in [-0.1, -0.05) is 18.2 Å². The lowest BCUT2D eigenvalue weighted by Crippen LogP contribution is -2.43. The lowest BCUT2D eigenvalue weighted by molar-refractivity contribution is -0.149. The van der Waals surface area contributed by atoms with Crippen molar-refractivity contribution in [2.24, 2.45) is 11.3 Å². The summed E-state index contributed by atoms with van der Waals surface area (Å²) in [5.41, 5.74) is -1.06. The fraction of sp³-hybridized carbons (Fsp3) is 0.471. The second-order valence-electron chi connectivity index (χ2n) is 6.43. The van der Waals surface area contributed by atoms with E-state index in [1.165, 1.54) is 6.92 Å². The third kappa shape index (κ3) is 2.81. The number of nitrogens with zero attached hydrogens (tertiary/aromatic N) is 2. The molecule has 2 fully saturated rings. The van der Waals surface area contributed by atoms with Crippen LogP contribution in [-0.2, 0) is 14.4 Å². The number of amides is 2. The molecule has 3 rings (SSSR count). The Morgan fingerprint density at radius 2 is 1.79 bits per heavy atom. The van der Waals surface area contributed by atoms with E-state index in [1.807, 2.05) is 18.2 Å². The molecule has 7 nitrogen and oxygen atoms in total. The topological polar surface area (TPSA) is 87.2 Å². The number of para-hydroxylation sites is 1. The van der Waals surface area contributed by atoms with Gasteiger partial charge in [0.25, 0.3) is 5.91 Å². The Kier molecular flexibility index (Phi) is 4.17. The highest BCUT2D eigenvalue weighted by atomic mass is 16.5. The zero-order valence-corrected chi connectivity index (χ0v) is 13.5. The van der Waals surface area contributed by atoms with Crippen LogP contribution >= 0.6 is 0 Å². The van der Waals surface area contributed by atoms with E-state index in [1.54, 1.807) is 21.9 Å². The van der Waals surface area contributed by atoms with Crippen LogP contribution in [0.4, 0.5) is 0 Å². The lowest BCUT2D eigenvalue weighted by Gasteiger charge is -2.25. The highest BCUT2D eigenvalue weighted by Crippen LogP contribution is 2.42. The van der Waals surface area contributed by atoms with Gasteiger partial charge in [0.2, 0.25) is 5.91 Å². The molecule has 2 saturated heterocycles. The third-order valence-electron chi connectivity index (χ3n) is 4.94. The molecule has 0 radical (unpaired) electrons. The molecule has 128 valence electrons. The number of fused-ring (bicyclic) bond motifs is 1. The summed E-state index contributed by atoms with van der Waals surface area (Å²) in [6, 6.07) is 9.00. The number of carbonyl (C=O) groups is 3. The lowest BCUT2D eigenvalue weighted by atomic mass is 9.81. The van der Waals surface area contributed by atoms with Crippen LogP contribution in [0.3, 0.4) is 0 Å². The molecular formula is C17H20N2O5. The van der Waals surface area contributed by atoms with Crippen molar-refractivity contribution < 1.29 is 24.2 Å². The summed E-state index contributed by atoms with van der Waals surface area (Å²) >= 11 is 0. The van der Waals surface area contributed by atoms with Crippen LogP contribution in [0.25, 0.3) is 0 Å². The maximum absolute atomic E-state index is 12.4. The van der Waals surface area contributed by atoms with Gasteiger partial charge in [0.1, 0.15) is 11.2 Å². The number of hydrogen-bond acceptors (Lipinski definition) is 4. The first-order chi connectivity index (χ1) is 11.4. The zero-order valence-electron chi connectivity index (χ0n) is 13.5. The number of likely N-dealkylation sites (tertiary alicyclic amines) is 2. The van der Waals surface area contributed by atoms with Gasteiger partial charge in [-0.15, -0.1) is 0 Å². The molecule has 24 heavy (non-hydrogen) atoms. The van der Waals surface area contributed by atoms with Crippen molar-refractivity contribution in [3.05, 3.63) is 30.3 Å². The first kappa shape index (κ1) is 16.3. The van der Waals surface area contributed by atoms with Gasteiger partial charge in [-0.2, -0.15) is 0 Å². The Balaban J connectivity index is 1.65. The minimum absolute atomic E-state index is 0.119. The number of carboxylic acids is 1. The molecule has 2 aliphatic rings. The average molecular weight is 332 g/mol. The van der Waals surface area contributed by atoms with Crippen molar-refractivity contribution in [1.29, 1.82) is 0 Å². The van der Waals surface area contributed by atoms with E-state index in [9.17, 15) is 19.5 Å². The van der Waals surface area contributed by atoms with E-state index in [4.69, 9.17) is 4.74 Å². The van der Waals surface area contributed by atoms with Gasteiger partial charge in [0.05, 0.1) is 0 Å². The Hall–Kier alpha value is -2.57. The van der Waals surface area contributed by atoms with Crippen LogP contribution in [0.15, 0.2) is 30.3 Å². The smallest absolute Gasteiger partial charge is 0.313 e. The van der Waals surface area contributed by atoms with Gasteiger partial charge < -0.3 is 19.6 Å². The number of hydrogen-bond donors (Lipinski definition) is 1. The molecule has 1 aromatic rings. The molecule has 2 amide bonds. The van der Waals surface area contributed by atoms with Crippen molar-refractivity contribution in [1.82, 2.24) is 9.80 Å². The Morgan fingerprint density at radius 1 is 1.17 bits per heavy atom. The summed E-state index contributed by atoms with van der Waals surface area (Å²) in [6.45, 7) is 2.31. The van der Waals surface area contributed by atoms with Crippen LogP contribution in [0.1, 0.15) is 6.92 Å². The van der Waals surface area contributed by atoms with Gasteiger partial charge in [-0.25, -0.2) is 0 Å². The summed E-state index contributed by atoms with van der Waals surface area (Å²) in [5, 5.41) is 9.67. The van der Waals surface area contributed by atoms with Crippen LogP contribution in [-0.4, -0.2) is 65.5 Å². The van der Waals surface area contributed by atoms with E-state index in [2.05, 4.69) is 0 Å². The van der Waals surface area contributed by atoms with Crippen LogP contribution in [0.5, 0.6) is 5.75 Å². The van der Waals surface area contributed by atoms with E-state index in [0.29, 0.717) is 18.8 Å². The number of carboxylic acid groups (broad SMARTS) is 1. The second kappa shape index (κ2) is 6.14. The molecule has 2 heterocycles. The quantitative estimate of drug-likeness (QED) is 0.865. The summed E-state index contributed by atoms with van der Waals surface area (Å²) < 4.78 is 5.45. The van der Waals surface area contributed by atoms with Gasteiger partial charge in [-0.05, 0) is 12.1 Å². The third-order valence-corrected chi connectivity index (χ3v) is 4.94. The van der Waals surface area contributed by atoms with Crippen molar-refractivity contribution in [3.8, 4) is 5.75 Å². The Labute approximate surface area is 139 Å². The molecule has 0 spiro atoms. The summed E-state index contributed by atoms with van der Waals surface area (Å²) in [5.74, 6) is -0.949. The van der Waals surface area contributed by atoms with Crippen LogP contribution in [0, 0.1) is 11.3 Å². The maximum atomic E-state index is 12.4. The van der Waals surface area contributed by atoms with E-state index in [0.717, 1.165) is 0 Å². The first-order valence-electron chi connectivity index (χ1n) is 7.87. The normalized spacial score (nSPS) is 25.5. The van der Waals surface area contributed by atoms with Crippen molar-refractivity contribution in [2.75, 3.05) is 32.8 Å². The fourth-order valence-electron chi connectivity index (χ4n) is 3.55. The summed E-state index contributed by atoms with van der Waals surface area (Å²) in [4.78, 5) is 38.8. The van der Waals surface area contributed by atoms with Crippen molar-refractivity contribution >= 4 is 17.8 Å². The average Bonchev–Trinajstić information content (AvgIpc) is 3.09. The molecule has 1 aromatic carbocycles. The van der Waals surface area contributed by atoms with Crippen molar-refractivity contribution in [3.63, 3.8) is 0 Å². The number of carbonyl (C=O) groups excluding carboxylic acids is 2. The monoisotopic (exact) mass is 332 g/mol. The Morgan fingerprint density at radius 3 is 2.38 bits per heavy atom. The summed E-state index contributed by atoms with van der Waals surface area (Å²) in [6.07, 6.45) is 0. The first-order valence-corrected chi connectivity index (χ1v) is 7.87. The highest BCUT2D eigenvalue weighted by molar-refractivity contribution is 5.84. The van der Waals surface area contributed by atoms with Gasteiger partial charge in [-0.3, -0.25) is 14.4 Å². The maximum Gasteiger partial charge on any atom is 0.313 e. The van der Waals surface area contributed by atoms with Gasteiger partial charge in [0.15, 0.2) is 6.61 Å². The van der Waals surface area contributed by atoms with E-state index < -0.39 is 11.4 Å². The fourth-order valence-corrected chi connectivity index (χ4v) is 3.55. The second-order valence-corrected chi connectivity index (χ2v) is 6.43.